The average molecular weight is 276 g/mol. The predicted molar refractivity (Wildman–Crippen MR) is 73.7 cm³/mol. The van der Waals surface area contributed by atoms with Gasteiger partial charge < -0.3 is 20.3 Å². The molecule has 0 spiro atoms. The third kappa shape index (κ3) is 3.37. The van der Waals surface area contributed by atoms with Crippen LogP contribution in [-0.2, 0) is 4.79 Å². The lowest BCUT2D eigenvalue weighted by Crippen LogP contribution is -2.48. The van der Waals surface area contributed by atoms with E-state index in [1.165, 1.54) is 4.90 Å². The van der Waals surface area contributed by atoms with Gasteiger partial charge in [-0.05, 0) is 25.0 Å². The molecule has 1 atom stereocenters. The number of nitrogens with zero attached hydrogens (tertiary/aromatic N) is 1. The molecule has 1 aromatic carbocycles. The molecule has 0 unspecified atom stereocenters. The van der Waals surface area contributed by atoms with Gasteiger partial charge in [0.1, 0.15) is 0 Å². The third-order valence-corrected chi connectivity index (χ3v) is 3.40. The summed E-state index contributed by atoms with van der Waals surface area (Å²) in [6.07, 6.45) is 1.30. The van der Waals surface area contributed by atoms with Crippen molar-refractivity contribution >= 4 is 18.9 Å². The first-order valence-electron chi connectivity index (χ1n) is 6.58. The van der Waals surface area contributed by atoms with Gasteiger partial charge in [0.2, 0.25) is 5.91 Å². The highest BCUT2D eigenvalue weighted by Gasteiger charge is 2.36. The Bertz CT molecular complexity index is 481. The Hall–Kier alpha value is -1.86. The molecule has 106 valence electrons. The highest BCUT2D eigenvalue weighted by atomic mass is 16.4. The average Bonchev–Trinajstić information content (AvgIpc) is 2.95. The number of hydrogen-bond donors (Lipinski definition) is 3. The van der Waals surface area contributed by atoms with Crippen LogP contribution in [0, 0.1) is 0 Å². The summed E-state index contributed by atoms with van der Waals surface area (Å²) < 4.78 is 0. The molecule has 20 heavy (non-hydrogen) atoms. The van der Waals surface area contributed by atoms with E-state index in [2.05, 4.69) is 5.32 Å². The predicted octanol–water partition coefficient (Wildman–Crippen LogP) is -0.581. The van der Waals surface area contributed by atoms with Crippen molar-refractivity contribution in [2.75, 3.05) is 13.1 Å². The van der Waals surface area contributed by atoms with E-state index < -0.39 is 13.1 Å². The molecule has 0 aliphatic carbocycles. The zero-order valence-electron chi connectivity index (χ0n) is 11.0. The van der Waals surface area contributed by atoms with E-state index >= 15 is 0 Å². The molecule has 1 aliphatic heterocycles. The van der Waals surface area contributed by atoms with E-state index in [9.17, 15) is 19.6 Å². The maximum Gasteiger partial charge on any atom is 0.475 e. The Kier molecular flexibility index (Phi) is 4.76. The quantitative estimate of drug-likeness (QED) is 0.642. The normalized spacial score (nSPS) is 17.9. The molecule has 1 heterocycles. The van der Waals surface area contributed by atoms with Crippen molar-refractivity contribution in [3.63, 3.8) is 0 Å². The number of carbonyl (C=O) groups is 2. The van der Waals surface area contributed by atoms with Crippen molar-refractivity contribution in [2.45, 2.75) is 18.8 Å². The topological polar surface area (TPSA) is 89.9 Å². The van der Waals surface area contributed by atoms with Crippen molar-refractivity contribution in [3.8, 4) is 0 Å². The van der Waals surface area contributed by atoms with Gasteiger partial charge in [-0.1, -0.05) is 18.2 Å². The van der Waals surface area contributed by atoms with E-state index in [0.29, 0.717) is 18.5 Å². The molecule has 1 aromatic rings. The number of likely N-dealkylation sites (tertiary alicyclic amines) is 1. The molecule has 2 rings (SSSR count). The number of rotatable bonds is 4. The first kappa shape index (κ1) is 14.6. The van der Waals surface area contributed by atoms with Gasteiger partial charge in [-0.2, -0.15) is 0 Å². The smallest absolute Gasteiger partial charge is 0.426 e. The standard InChI is InChI=1S/C13H17BN2O4/c17-12(16-8-4-7-11(16)14(19)20)9-15-13(18)10-5-2-1-3-6-10/h1-3,5-6,11,19-20H,4,7-9H2,(H,15,18)/t11-/m0/s1. The fourth-order valence-corrected chi connectivity index (χ4v) is 2.36. The van der Waals surface area contributed by atoms with Gasteiger partial charge >= 0.3 is 7.12 Å². The van der Waals surface area contributed by atoms with Crippen LogP contribution in [0.25, 0.3) is 0 Å². The van der Waals surface area contributed by atoms with Gasteiger partial charge in [0.15, 0.2) is 0 Å². The molecule has 2 amide bonds. The zero-order chi connectivity index (χ0) is 14.5. The maximum atomic E-state index is 12.0. The zero-order valence-corrected chi connectivity index (χ0v) is 11.0. The highest BCUT2D eigenvalue weighted by molar-refractivity contribution is 6.43. The fraction of sp³-hybridized carbons (Fsp3) is 0.385. The van der Waals surface area contributed by atoms with Crippen LogP contribution >= 0.6 is 0 Å². The first-order chi connectivity index (χ1) is 9.59. The van der Waals surface area contributed by atoms with Gasteiger partial charge in [0, 0.05) is 12.1 Å². The van der Waals surface area contributed by atoms with E-state index in [-0.39, 0.29) is 18.4 Å². The summed E-state index contributed by atoms with van der Waals surface area (Å²) in [7, 11) is -1.54. The molecule has 0 aromatic heterocycles. The molecular formula is C13H17BN2O4. The Morgan fingerprint density at radius 2 is 2.00 bits per heavy atom. The maximum absolute atomic E-state index is 12.0. The van der Waals surface area contributed by atoms with E-state index in [0.717, 1.165) is 6.42 Å². The van der Waals surface area contributed by atoms with E-state index in [1.807, 2.05) is 0 Å². The highest BCUT2D eigenvalue weighted by Crippen LogP contribution is 2.17. The van der Waals surface area contributed by atoms with Crippen LogP contribution in [0.4, 0.5) is 0 Å². The second-order valence-corrected chi connectivity index (χ2v) is 4.76. The van der Waals surface area contributed by atoms with Gasteiger partial charge in [-0.25, -0.2) is 0 Å². The van der Waals surface area contributed by atoms with Crippen LogP contribution in [0.15, 0.2) is 30.3 Å². The summed E-state index contributed by atoms with van der Waals surface area (Å²) >= 11 is 0. The number of nitrogens with one attached hydrogen (secondary N) is 1. The molecule has 0 radical (unpaired) electrons. The molecule has 7 heteroatoms. The number of benzene rings is 1. The van der Waals surface area contributed by atoms with Gasteiger partial charge in [-0.3, -0.25) is 9.59 Å². The van der Waals surface area contributed by atoms with Crippen LogP contribution in [0.1, 0.15) is 23.2 Å². The summed E-state index contributed by atoms with van der Waals surface area (Å²) in [5, 5.41) is 20.9. The molecule has 3 N–H and O–H groups in total. The first-order valence-corrected chi connectivity index (χ1v) is 6.58. The van der Waals surface area contributed by atoms with Crippen molar-refractivity contribution in [3.05, 3.63) is 35.9 Å². The molecule has 6 nitrogen and oxygen atoms in total. The summed E-state index contributed by atoms with van der Waals surface area (Å²) in [5.74, 6) is -1.19. The minimum Gasteiger partial charge on any atom is -0.426 e. The molecule has 0 bridgehead atoms. The lowest BCUT2D eigenvalue weighted by molar-refractivity contribution is -0.130. The van der Waals surface area contributed by atoms with Crippen molar-refractivity contribution in [2.24, 2.45) is 0 Å². The van der Waals surface area contributed by atoms with Crippen molar-refractivity contribution in [1.29, 1.82) is 0 Å². The Balaban J connectivity index is 1.88. The summed E-state index contributed by atoms with van der Waals surface area (Å²) in [6, 6.07) is 8.62. The van der Waals surface area contributed by atoms with Crippen LogP contribution in [0.5, 0.6) is 0 Å². The second kappa shape index (κ2) is 6.54. The number of amides is 2. The number of carbonyl (C=O) groups excluding carboxylic acids is 2. The van der Waals surface area contributed by atoms with Crippen LogP contribution in [-0.4, -0.2) is 52.9 Å². The molecule has 1 saturated heterocycles. The summed E-state index contributed by atoms with van der Waals surface area (Å²) in [5.41, 5.74) is 0.487. The third-order valence-electron chi connectivity index (χ3n) is 3.40. The molecule has 0 saturated carbocycles. The summed E-state index contributed by atoms with van der Waals surface area (Å²) in [6.45, 7) is 0.347. The minimum atomic E-state index is -1.54. The van der Waals surface area contributed by atoms with Crippen LogP contribution < -0.4 is 5.32 Å². The Morgan fingerprint density at radius 1 is 1.30 bits per heavy atom. The van der Waals surface area contributed by atoms with Gasteiger partial charge in [0.05, 0.1) is 12.5 Å². The van der Waals surface area contributed by atoms with Gasteiger partial charge in [0.25, 0.3) is 5.91 Å². The van der Waals surface area contributed by atoms with Gasteiger partial charge in [-0.15, -0.1) is 0 Å². The molecule has 1 aliphatic rings. The fourth-order valence-electron chi connectivity index (χ4n) is 2.36. The molecule has 1 fully saturated rings. The molecular weight excluding hydrogens is 259 g/mol. The lowest BCUT2D eigenvalue weighted by atomic mass is 9.78. The van der Waals surface area contributed by atoms with Crippen molar-refractivity contribution in [1.82, 2.24) is 10.2 Å². The van der Waals surface area contributed by atoms with E-state index in [4.69, 9.17) is 0 Å². The van der Waals surface area contributed by atoms with Crippen LogP contribution in [0.3, 0.4) is 0 Å². The minimum absolute atomic E-state index is 0.142. The van der Waals surface area contributed by atoms with E-state index in [1.54, 1.807) is 30.3 Å². The lowest BCUT2D eigenvalue weighted by Gasteiger charge is -2.24. The summed E-state index contributed by atoms with van der Waals surface area (Å²) in [4.78, 5) is 25.2. The van der Waals surface area contributed by atoms with Crippen LogP contribution in [0.2, 0.25) is 0 Å². The Labute approximate surface area is 117 Å². The SMILES string of the molecule is O=C(NCC(=O)N1CCC[C@H]1B(O)O)c1ccccc1. The number of hydrogen-bond acceptors (Lipinski definition) is 4. The second-order valence-electron chi connectivity index (χ2n) is 4.76. The monoisotopic (exact) mass is 276 g/mol. The largest absolute Gasteiger partial charge is 0.475 e. The van der Waals surface area contributed by atoms with Crippen molar-refractivity contribution < 1.29 is 19.6 Å². The Morgan fingerprint density at radius 3 is 2.65 bits per heavy atom.